The number of hydrogen-bond acceptors (Lipinski definition) is 17. The van der Waals surface area contributed by atoms with E-state index in [1.807, 2.05) is 11.8 Å². The van der Waals surface area contributed by atoms with Gasteiger partial charge in [-0.2, -0.15) is 11.8 Å². The third kappa shape index (κ3) is 13.8. The summed E-state index contributed by atoms with van der Waals surface area (Å²) in [6.07, 6.45) is -18.0. The summed E-state index contributed by atoms with van der Waals surface area (Å²) >= 11 is 1.94. The second-order valence-electron chi connectivity index (χ2n) is 13.7. The van der Waals surface area contributed by atoms with Crippen LogP contribution in [0, 0.1) is 0 Å². The molecule has 3 aliphatic heterocycles. The zero-order valence-corrected chi connectivity index (χ0v) is 35.4. The van der Waals surface area contributed by atoms with Crippen LogP contribution in [0.2, 0.25) is 30.2 Å². The highest BCUT2D eigenvalue weighted by atomic mass is 32.2. The van der Waals surface area contributed by atoms with Gasteiger partial charge in [0.15, 0.2) is 18.9 Å². The van der Waals surface area contributed by atoms with Crippen molar-refractivity contribution in [1.29, 1.82) is 0 Å². The van der Waals surface area contributed by atoms with Gasteiger partial charge in [0.1, 0.15) is 73.2 Å². The van der Waals surface area contributed by atoms with Crippen LogP contribution < -0.4 is 0 Å². The van der Waals surface area contributed by atoms with Crippen molar-refractivity contribution < 1.29 is 79.5 Å². The van der Waals surface area contributed by atoms with E-state index >= 15 is 0 Å². The normalized spacial score (nSPS) is 39.5. The fourth-order valence-electron chi connectivity index (χ4n) is 6.48. The Balaban J connectivity index is 1.38. The van der Waals surface area contributed by atoms with Gasteiger partial charge in [-0.15, -0.1) is 0 Å². The van der Waals surface area contributed by atoms with E-state index in [1.165, 1.54) is 59.4 Å². The van der Waals surface area contributed by atoms with Crippen molar-refractivity contribution >= 4 is 41.0 Å². The van der Waals surface area contributed by atoms with E-state index in [4.69, 9.17) is 28.4 Å². The zero-order chi connectivity index (χ0) is 37.3. The lowest BCUT2D eigenvalue weighted by atomic mass is 9.96. The number of aliphatic hydroxyl groups is 10. The smallest absolute Gasteiger partial charge is 0.187 e. The van der Waals surface area contributed by atoms with Crippen LogP contribution in [0.25, 0.3) is 0 Å². The van der Waals surface area contributed by atoms with Gasteiger partial charge in [-0.3, -0.25) is 0 Å². The molecule has 15 atom stereocenters. The molecular weight excluding hydrogens is 745 g/mol. The van der Waals surface area contributed by atoms with Gasteiger partial charge in [0.25, 0.3) is 0 Å². The first-order chi connectivity index (χ1) is 24.6. The van der Waals surface area contributed by atoms with Crippen LogP contribution in [0.5, 0.6) is 0 Å². The molecule has 20 heteroatoms. The minimum atomic E-state index is -1.88. The number of aliphatic hydroxyl groups excluding tert-OH is 10. The standard InChI is InChI=1S/C31H64O16SSi3/c32-14-17-20(35)21(36)24(39)30(43-17)46-28-19(16-34)45-31(26(41)23(28)38)47-27-18(15-33)44-29(25(40)22(27)37)42-6-1-2-7-48-8-3-10-50-12-5-13-51-11-4-9-49/h17-41H,1-16,50-51H2,49H3/t17?,18-,19?,20-,21-,22?,23+,24?,25?,26?,27+,28-,29+,30+,31-/m0/s1. The molecule has 0 amide bonds. The largest absolute Gasteiger partial charge is 0.394 e. The molecule has 3 heterocycles. The van der Waals surface area contributed by atoms with Crippen LogP contribution in [-0.2, 0) is 28.4 Å². The minimum Gasteiger partial charge on any atom is -0.394 e. The summed E-state index contributed by atoms with van der Waals surface area (Å²) in [5, 5.41) is 103. The molecule has 0 aliphatic carbocycles. The average Bonchev–Trinajstić information content (AvgIpc) is 3.13. The number of unbranched alkanes of at least 4 members (excludes halogenated alkanes) is 1. The van der Waals surface area contributed by atoms with Gasteiger partial charge >= 0.3 is 0 Å². The molecule has 302 valence electrons. The summed E-state index contributed by atoms with van der Waals surface area (Å²) in [5.74, 6) is 2.17. The van der Waals surface area contributed by atoms with Gasteiger partial charge in [-0.05, 0) is 30.8 Å². The zero-order valence-electron chi connectivity index (χ0n) is 29.7. The number of rotatable bonds is 24. The van der Waals surface area contributed by atoms with E-state index in [0.29, 0.717) is 6.42 Å². The van der Waals surface area contributed by atoms with Gasteiger partial charge in [0.2, 0.25) is 0 Å². The molecule has 0 aromatic heterocycles. The highest BCUT2D eigenvalue weighted by Gasteiger charge is 2.53. The quantitative estimate of drug-likeness (QED) is 0.0323. The highest BCUT2D eigenvalue weighted by Crippen LogP contribution is 2.32. The number of ether oxygens (including phenoxy) is 6. The van der Waals surface area contributed by atoms with Crippen molar-refractivity contribution in [3.8, 4) is 0 Å². The molecule has 3 aliphatic rings. The maximum Gasteiger partial charge on any atom is 0.187 e. The molecule has 16 nitrogen and oxygen atoms in total. The molecule has 3 rings (SSSR count). The average molecular weight is 809 g/mol. The second kappa shape index (κ2) is 24.8. The van der Waals surface area contributed by atoms with Crippen molar-refractivity contribution in [1.82, 2.24) is 0 Å². The Morgan fingerprint density at radius 1 is 0.510 bits per heavy atom. The number of hydrogen-bond donors (Lipinski definition) is 10. The van der Waals surface area contributed by atoms with Crippen molar-refractivity contribution in [3.63, 3.8) is 0 Å². The van der Waals surface area contributed by atoms with Gasteiger partial charge < -0.3 is 79.5 Å². The van der Waals surface area contributed by atoms with E-state index in [-0.39, 0.29) is 25.6 Å². The monoisotopic (exact) mass is 808 g/mol. The van der Waals surface area contributed by atoms with Crippen LogP contribution in [0.1, 0.15) is 32.1 Å². The van der Waals surface area contributed by atoms with E-state index in [0.717, 1.165) is 12.2 Å². The predicted octanol–water partition coefficient (Wildman–Crippen LogP) is -5.07. The van der Waals surface area contributed by atoms with Crippen molar-refractivity contribution in [2.24, 2.45) is 0 Å². The summed E-state index contributed by atoms with van der Waals surface area (Å²) in [6.45, 7) is -1.92. The third-order valence-corrected chi connectivity index (χ3v) is 15.5. The van der Waals surface area contributed by atoms with Crippen LogP contribution >= 0.6 is 11.8 Å². The number of thioether (sulfide) groups is 1. The fraction of sp³-hybridized carbons (Fsp3) is 1.00. The molecule has 3 saturated heterocycles. The SMILES string of the molecule is OCC1O[C@H](O[C@H]2C(CO)O[C@@H](O[C@H]3C(O)C(O)[C@H](OCCCCSCCC[SiH2]CCC[SiH2]CCC[SiH3])O[C@H]3CO)C(O)[C@H]2O)C(O)[C@@H](O)[C@H]1O. The van der Waals surface area contributed by atoms with Gasteiger partial charge in [0.05, 0.1) is 19.8 Å². The lowest BCUT2D eigenvalue weighted by Crippen LogP contribution is -2.66. The molecule has 0 aromatic rings. The Kier molecular flexibility index (Phi) is 22.2. The molecule has 0 bridgehead atoms. The van der Waals surface area contributed by atoms with Gasteiger partial charge in [-0.25, -0.2) is 0 Å². The van der Waals surface area contributed by atoms with E-state index in [2.05, 4.69) is 0 Å². The Morgan fingerprint density at radius 3 is 1.55 bits per heavy atom. The molecule has 6 unspecified atom stereocenters. The van der Waals surface area contributed by atoms with Crippen molar-refractivity contribution in [2.45, 2.75) is 154 Å². The van der Waals surface area contributed by atoms with Crippen LogP contribution in [0.15, 0.2) is 0 Å². The molecule has 10 N–H and O–H groups in total. The Bertz CT molecular complexity index is 919. The summed E-state index contributed by atoms with van der Waals surface area (Å²) in [6, 6.07) is 7.47. The van der Waals surface area contributed by atoms with E-state index < -0.39 is 112 Å². The summed E-state index contributed by atoms with van der Waals surface area (Å²) in [4.78, 5) is 0. The second-order valence-corrected chi connectivity index (χ2v) is 20.2. The molecule has 0 radical (unpaired) electrons. The lowest BCUT2D eigenvalue weighted by molar-refractivity contribution is -0.379. The summed E-state index contributed by atoms with van der Waals surface area (Å²) in [7, 11) is 1.68. The van der Waals surface area contributed by atoms with Gasteiger partial charge in [0, 0.05) is 35.9 Å². The maximum atomic E-state index is 10.9. The van der Waals surface area contributed by atoms with Crippen LogP contribution in [0.3, 0.4) is 0 Å². The molecule has 0 aromatic carbocycles. The Morgan fingerprint density at radius 2 is 0.980 bits per heavy atom. The summed E-state index contributed by atoms with van der Waals surface area (Å²) < 4.78 is 33.6. The Labute approximate surface area is 312 Å². The van der Waals surface area contributed by atoms with Crippen molar-refractivity contribution in [2.75, 3.05) is 37.9 Å². The van der Waals surface area contributed by atoms with Crippen LogP contribution in [0.4, 0.5) is 0 Å². The lowest BCUT2D eigenvalue weighted by Gasteiger charge is -2.48. The first-order valence-electron chi connectivity index (χ1n) is 18.6. The topological polar surface area (TPSA) is 258 Å². The third-order valence-electron chi connectivity index (χ3n) is 9.68. The maximum absolute atomic E-state index is 10.9. The summed E-state index contributed by atoms with van der Waals surface area (Å²) in [5.41, 5.74) is 0. The van der Waals surface area contributed by atoms with Gasteiger partial charge in [-0.1, -0.05) is 43.1 Å². The van der Waals surface area contributed by atoms with Crippen LogP contribution in [-0.4, -0.2) is 210 Å². The Hall–Kier alpha value is 0.361. The first-order valence-corrected chi connectivity index (χ1v) is 25.2. The van der Waals surface area contributed by atoms with E-state index in [1.54, 1.807) is 6.04 Å². The van der Waals surface area contributed by atoms with Crippen molar-refractivity contribution in [3.05, 3.63) is 0 Å². The molecule has 51 heavy (non-hydrogen) atoms. The van der Waals surface area contributed by atoms with E-state index in [9.17, 15) is 51.1 Å². The molecule has 0 saturated carbocycles. The predicted molar refractivity (Wildman–Crippen MR) is 196 cm³/mol. The highest BCUT2D eigenvalue weighted by molar-refractivity contribution is 7.99. The molecule has 0 spiro atoms. The molecule has 3 fully saturated rings. The minimum absolute atomic E-state index is 0.0962. The fourth-order valence-corrected chi connectivity index (χ4v) is 13.6. The molecular formula is C31H64O16SSi3. The first kappa shape index (κ1) is 45.7.